The van der Waals surface area contributed by atoms with Crippen molar-refractivity contribution >= 4 is 9.84 Å². The number of benzene rings is 1. The number of sulfone groups is 1. The van der Waals surface area contributed by atoms with Crippen LogP contribution in [0.3, 0.4) is 0 Å². The van der Waals surface area contributed by atoms with E-state index in [0.717, 1.165) is 0 Å². The van der Waals surface area contributed by atoms with Gasteiger partial charge in [-0.05, 0) is 4.90 Å². The van der Waals surface area contributed by atoms with E-state index in [1.165, 1.54) is 12.1 Å². The molecule has 0 heterocycles. The van der Waals surface area contributed by atoms with Crippen LogP contribution in [0, 0.1) is 30.0 Å². The van der Waals surface area contributed by atoms with E-state index in [2.05, 4.69) is 6.07 Å². The molecule has 1 aromatic carbocycles. The Balaban J connectivity index is 0.00000225. The largest absolute Gasteiger partial charge is 1.00 e. The van der Waals surface area contributed by atoms with Crippen molar-refractivity contribution in [2.45, 2.75) is 18.7 Å². The predicted molar refractivity (Wildman–Crippen MR) is 53.8 cm³/mol. The maximum Gasteiger partial charge on any atom is 1.00 e. The number of nitro groups is 1. The minimum absolute atomic E-state index is 0. The molecule has 1 aromatic rings. The number of aryl methyl sites for hydroxylation is 2. The molecule has 1 rings (SSSR count). The zero-order chi connectivity index (χ0) is 11.6. The Hall–Kier alpha value is -0.430. The van der Waals surface area contributed by atoms with Crippen LogP contribution in [-0.2, 0) is 9.84 Å². The molecule has 7 heteroatoms. The number of nitrogens with zero attached hydrogens (tertiary/aromatic N) is 1. The quantitative estimate of drug-likeness (QED) is 0.272. The Morgan fingerprint density at radius 3 is 2.12 bits per heavy atom. The van der Waals surface area contributed by atoms with Crippen LogP contribution in [0.25, 0.3) is 0 Å². The van der Waals surface area contributed by atoms with E-state index in [-0.39, 0.29) is 34.5 Å². The predicted octanol–water partition coefficient (Wildman–Crippen LogP) is -1.88. The smallest absolute Gasteiger partial charge is 0.263 e. The van der Waals surface area contributed by atoms with Crippen LogP contribution in [0.1, 0.15) is 11.1 Å². The Morgan fingerprint density at radius 1 is 1.31 bits per heavy atom. The van der Waals surface area contributed by atoms with Crippen molar-refractivity contribution in [2.75, 3.05) is 5.88 Å². The van der Waals surface area contributed by atoms with Crippen LogP contribution in [0.2, 0.25) is 0 Å². The summed E-state index contributed by atoms with van der Waals surface area (Å²) >= 11 is 0. The Kier molecular flexibility index (Phi) is 5.61. The summed E-state index contributed by atoms with van der Waals surface area (Å²) in [5.41, 5.74) is 0.966. The normalized spacial score (nSPS) is 10.6. The Morgan fingerprint density at radius 2 is 1.75 bits per heavy atom. The first-order chi connectivity index (χ1) is 6.84. The molecule has 0 aliphatic carbocycles. The third kappa shape index (κ3) is 3.55. The molecule has 0 saturated heterocycles. The zero-order valence-electron chi connectivity index (χ0n) is 9.35. The van der Waals surface area contributed by atoms with Crippen LogP contribution >= 0.6 is 0 Å². The first-order valence-corrected chi connectivity index (χ1v) is 5.81. The van der Waals surface area contributed by atoms with Crippen LogP contribution in [0.5, 0.6) is 0 Å². The SMILES string of the molecule is Cc1c[c-]cc(C)c1S(=O)(=O)C[N+](=O)[O-].[Na+]. The first-order valence-electron chi connectivity index (χ1n) is 4.16. The number of hydrogen-bond acceptors (Lipinski definition) is 4. The summed E-state index contributed by atoms with van der Waals surface area (Å²) in [6.45, 7) is 3.19. The summed E-state index contributed by atoms with van der Waals surface area (Å²) in [7, 11) is -3.84. The molecule has 0 bridgehead atoms. The molecule has 0 N–H and O–H groups in total. The molecule has 0 radical (unpaired) electrons. The average molecular weight is 251 g/mol. The van der Waals surface area contributed by atoms with Gasteiger partial charge < -0.3 is 0 Å². The maximum atomic E-state index is 11.6. The third-order valence-corrected chi connectivity index (χ3v) is 3.72. The molecule has 0 fully saturated rings. The number of hydrogen-bond donors (Lipinski definition) is 0. The van der Waals surface area contributed by atoms with E-state index in [9.17, 15) is 18.5 Å². The van der Waals surface area contributed by atoms with Gasteiger partial charge in [0.1, 0.15) is 0 Å². The van der Waals surface area contributed by atoms with Crippen LogP contribution in [-0.4, -0.2) is 19.2 Å². The van der Waals surface area contributed by atoms with Crippen molar-refractivity contribution in [3.63, 3.8) is 0 Å². The molecule has 0 spiro atoms. The average Bonchev–Trinajstić information content (AvgIpc) is 1.99. The van der Waals surface area contributed by atoms with Crippen molar-refractivity contribution < 1.29 is 42.9 Å². The summed E-state index contributed by atoms with van der Waals surface area (Å²) in [6.07, 6.45) is 0. The second-order valence-electron chi connectivity index (χ2n) is 3.23. The van der Waals surface area contributed by atoms with E-state index in [1.807, 2.05) is 0 Å². The van der Waals surface area contributed by atoms with Crippen molar-refractivity contribution in [1.29, 1.82) is 0 Å². The minimum atomic E-state index is -3.84. The summed E-state index contributed by atoms with van der Waals surface area (Å²) in [4.78, 5) is 9.43. The molecule has 16 heavy (non-hydrogen) atoms. The molecule has 0 aliphatic rings. The van der Waals surface area contributed by atoms with Crippen molar-refractivity contribution in [3.05, 3.63) is 39.4 Å². The molecule has 82 valence electrons. The number of rotatable bonds is 3. The third-order valence-electron chi connectivity index (χ3n) is 1.90. The zero-order valence-corrected chi connectivity index (χ0v) is 12.2. The summed E-state index contributed by atoms with van der Waals surface area (Å²) < 4.78 is 23.3. The van der Waals surface area contributed by atoms with Crippen molar-refractivity contribution in [1.82, 2.24) is 0 Å². The van der Waals surface area contributed by atoms with Gasteiger partial charge in [-0.1, -0.05) is 13.8 Å². The topological polar surface area (TPSA) is 77.3 Å². The van der Waals surface area contributed by atoms with Gasteiger partial charge in [-0.2, -0.15) is 18.2 Å². The van der Waals surface area contributed by atoms with Gasteiger partial charge in [0.25, 0.3) is 0 Å². The summed E-state index contributed by atoms with van der Waals surface area (Å²) in [5.74, 6) is -1.07. The fourth-order valence-electron chi connectivity index (χ4n) is 1.43. The second kappa shape index (κ2) is 5.77. The Bertz CT molecular complexity index is 478. The van der Waals surface area contributed by atoms with Crippen molar-refractivity contribution in [2.24, 2.45) is 0 Å². The standard InChI is InChI=1S/C9H10NO4S.Na/c1-7-4-3-5-8(2)9(7)15(13,14)6-10(11)12;/h4-5H,6H2,1-2H3;/q-1;+1. The molecule has 0 atom stereocenters. The van der Waals surface area contributed by atoms with E-state index in [1.54, 1.807) is 13.8 Å². The molecule has 0 unspecified atom stereocenters. The van der Waals surface area contributed by atoms with Crippen molar-refractivity contribution in [3.8, 4) is 0 Å². The van der Waals surface area contributed by atoms with Gasteiger partial charge in [0, 0.05) is 4.92 Å². The molecular formula is C9H10NNaO4S. The van der Waals surface area contributed by atoms with Gasteiger partial charge in [0.15, 0.2) is 0 Å². The fourth-order valence-corrected chi connectivity index (χ4v) is 2.93. The second-order valence-corrected chi connectivity index (χ2v) is 5.12. The minimum Gasteiger partial charge on any atom is -0.263 e. The molecular weight excluding hydrogens is 241 g/mol. The molecule has 0 aliphatic heterocycles. The van der Waals surface area contributed by atoms with Gasteiger partial charge >= 0.3 is 35.4 Å². The molecule has 0 saturated carbocycles. The van der Waals surface area contributed by atoms with E-state index >= 15 is 0 Å². The van der Waals surface area contributed by atoms with Gasteiger partial charge in [-0.15, -0.1) is 11.1 Å². The van der Waals surface area contributed by atoms with Gasteiger partial charge in [0.05, 0.1) is 0 Å². The van der Waals surface area contributed by atoms with E-state index in [4.69, 9.17) is 0 Å². The van der Waals surface area contributed by atoms with Gasteiger partial charge in [-0.3, -0.25) is 10.1 Å². The molecule has 0 amide bonds. The van der Waals surface area contributed by atoms with Crippen LogP contribution in [0.4, 0.5) is 0 Å². The Labute approximate surface area is 116 Å². The van der Waals surface area contributed by atoms with Crippen LogP contribution < -0.4 is 29.6 Å². The van der Waals surface area contributed by atoms with E-state index < -0.39 is 20.6 Å². The maximum absolute atomic E-state index is 11.6. The first kappa shape index (κ1) is 15.6. The van der Waals surface area contributed by atoms with Crippen LogP contribution in [0.15, 0.2) is 17.0 Å². The summed E-state index contributed by atoms with van der Waals surface area (Å²) in [6, 6.07) is 5.76. The molecule has 0 aromatic heterocycles. The fraction of sp³-hybridized carbons (Fsp3) is 0.333. The summed E-state index contributed by atoms with van der Waals surface area (Å²) in [5, 5.41) is 10.2. The monoisotopic (exact) mass is 251 g/mol. The van der Waals surface area contributed by atoms with Gasteiger partial charge in [0.2, 0.25) is 9.84 Å². The van der Waals surface area contributed by atoms with E-state index in [0.29, 0.717) is 11.1 Å². The molecule has 5 nitrogen and oxygen atoms in total. The van der Waals surface area contributed by atoms with Gasteiger partial charge in [-0.25, -0.2) is 8.42 Å².